The number of hydrogen-bond acceptors (Lipinski definition) is 5. The first kappa shape index (κ1) is 15.2. The van der Waals surface area contributed by atoms with Gasteiger partial charge in [0.2, 0.25) is 5.88 Å². The minimum Gasteiger partial charge on any atom is -0.475 e. The number of ether oxygens (including phenoxy) is 2. The molecule has 0 spiro atoms. The van der Waals surface area contributed by atoms with E-state index in [0.717, 1.165) is 25.0 Å². The number of oxime groups is 1. The average molecular weight is 267 g/mol. The third kappa shape index (κ3) is 4.75. The Morgan fingerprint density at radius 3 is 2.89 bits per heavy atom. The van der Waals surface area contributed by atoms with Crippen LogP contribution in [0.3, 0.4) is 0 Å². The summed E-state index contributed by atoms with van der Waals surface area (Å²) in [7, 11) is 0. The molecular formula is C13H21N3O3. The quantitative estimate of drug-likeness (QED) is 0.246. The van der Waals surface area contributed by atoms with Crippen LogP contribution in [0.2, 0.25) is 0 Å². The molecule has 1 heterocycles. The summed E-state index contributed by atoms with van der Waals surface area (Å²) in [5.74, 6) is 0.349. The summed E-state index contributed by atoms with van der Waals surface area (Å²) >= 11 is 0. The van der Waals surface area contributed by atoms with Gasteiger partial charge in [0.15, 0.2) is 5.84 Å². The molecule has 0 amide bonds. The highest BCUT2D eigenvalue weighted by atomic mass is 16.5. The lowest BCUT2D eigenvalue weighted by atomic mass is 10.1. The molecule has 0 aromatic carbocycles. The van der Waals surface area contributed by atoms with E-state index in [4.69, 9.17) is 20.4 Å². The van der Waals surface area contributed by atoms with Crippen LogP contribution in [0, 0.1) is 6.92 Å². The van der Waals surface area contributed by atoms with Gasteiger partial charge < -0.3 is 20.4 Å². The van der Waals surface area contributed by atoms with Crippen molar-refractivity contribution in [1.82, 2.24) is 4.98 Å². The van der Waals surface area contributed by atoms with E-state index < -0.39 is 0 Å². The second-order valence-corrected chi connectivity index (χ2v) is 4.11. The minimum atomic E-state index is -0.00694. The highest BCUT2D eigenvalue weighted by molar-refractivity contribution is 6.00. The van der Waals surface area contributed by atoms with Crippen LogP contribution in [0.25, 0.3) is 0 Å². The SMILES string of the molecule is CCCCOCCOc1nccc(C)c1/C(N)=N/O. The van der Waals surface area contributed by atoms with Crippen molar-refractivity contribution in [1.29, 1.82) is 0 Å². The van der Waals surface area contributed by atoms with Crippen molar-refractivity contribution < 1.29 is 14.7 Å². The van der Waals surface area contributed by atoms with Crippen molar-refractivity contribution in [2.24, 2.45) is 10.9 Å². The Hall–Kier alpha value is -1.82. The molecule has 0 aliphatic rings. The molecule has 0 aliphatic heterocycles. The Balaban J connectivity index is 2.56. The smallest absolute Gasteiger partial charge is 0.224 e. The van der Waals surface area contributed by atoms with Crippen LogP contribution < -0.4 is 10.5 Å². The first-order chi connectivity index (χ1) is 9.20. The van der Waals surface area contributed by atoms with Crippen molar-refractivity contribution >= 4 is 5.84 Å². The van der Waals surface area contributed by atoms with Gasteiger partial charge in [-0.3, -0.25) is 0 Å². The summed E-state index contributed by atoms with van der Waals surface area (Å²) in [4.78, 5) is 4.09. The van der Waals surface area contributed by atoms with Gasteiger partial charge in [-0.25, -0.2) is 4.98 Å². The van der Waals surface area contributed by atoms with Crippen LogP contribution in [0.1, 0.15) is 30.9 Å². The molecule has 0 unspecified atom stereocenters. The van der Waals surface area contributed by atoms with E-state index in [0.29, 0.717) is 24.7 Å². The zero-order chi connectivity index (χ0) is 14.1. The van der Waals surface area contributed by atoms with Crippen molar-refractivity contribution in [3.63, 3.8) is 0 Å². The van der Waals surface area contributed by atoms with E-state index in [2.05, 4.69) is 17.1 Å². The molecule has 19 heavy (non-hydrogen) atoms. The molecule has 1 aromatic heterocycles. The zero-order valence-corrected chi connectivity index (χ0v) is 11.4. The van der Waals surface area contributed by atoms with Crippen LogP contribution in [0.5, 0.6) is 5.88 Å². The van der Waals surface area contributed by atoms with Crippen LogP contribution >= 0.6 is 0 Å². The number of nitrogens with two attached hydrogens (primary N) is 1. The Morgan fingerprint density at radius 1 is 1.42 bits per heavy atom. The van der Waals surface area contributed by atoms with Crippen molar-refractivity contribution in [3.8, 4) is 5.88 Å². The second-order valence-electron chi connectivity index (χ2n) is 4.11. The van der Waals surface area contributed by atoms with Crippen molar-refractivity contribution in [3.05, 3.63) is 23.4 Å². The summed E-state index contributed by atoms with van der Waals surface area (Å²) in [5, 5.41) is 11.8. The number of hydrogen-bond donors (Lipinski definition) is 2. The molecule has 0 fully saturated rings. The predicted octanol–water partition coefficient (Wildman–Crippen LogP) is 1.68. The lowest BCUT2D eigenvalue weighted by molar-refractivity contribution is 0.0964. The second kappa shape index (κ2) is 8.31. The molecule has 3 N–H and O–H groups in total. The Bertz CT molecular complexity index is 422. The largest absolute Gasteiger partial charge is 0.475 e. The molecule has 0 saturated heterocycles. The molecule has 0 atom stereocenters. The number of nitrogens with zero attached hydrogens (tertiary/aromatic N) is 2. The van der Waals surface area contributed by atoms with E-state index in [-0.39, 0.29) is 5.84 Å². The molecule has 6 heteroatoms. The van der Waals surface area contributed by atoms with Crippen LogP contribution in [0.4, 0.5) is 0 Å². The van der Waals surface area contributed by atoms with Gasteiger partial charge in [-0.1, -0.05) is 18.5 Å². The Kier molecular flexibility index (Phi) is 6.67. The highest BCUT2D eigenvalue weighted by Gasteiger charge is 2.12. The van der Waals surface area contributed by atoms with Gasteiger partial charge in [-0.2, -0.15) is 0 Å². The zero-order valence-electron chi connectivity index (χ0n) is 11.4. The lowest BCUT2D eigenvalue weighted by Gasteiger charge is -2.11. The van der Waals surface area contributed by atoms with E-state index in [1.165, 1.54) is 0 Å². The topological polar surface area (TPSA) is 90.0 Å². The third-order valence-electron chi connectivity index (χ3n) is 2.60. The maximum absolute atomic E-state index is 8.76. The van der Waals surface area contributed by atoms with Gasteiger partial charge >= 0.3 is 0 Å². The monoisotopic (exact) mass is 267 g/mol. The van der Waals surface area contributed by atoms with Crippen molar-refractivity contribution in [2.75, 3.05) is 19.8 Å². The molecule has 6 nitrogen and oxygen atoms in total. The lowest BCUT2D eigenvalue weighted by Crippen LogP contribution is -2.18. The number of pyridine rings is 1. The molecule has 0 bridgehead atoms. The molecule has 106 valence electrons. The van der Waals surface area contributed by atoms with Crippen LogP contribution in [0.15, 0.2) is 17.4 Å². The Labute approximate surface area is 113 Å². The maximum atomic E-state index is 8.76. The van der Waals surface area contributed by atoms with Gasteiger partial charge in [0.1, 0.15) is 6.61 Å². The van der Waals surface area contributed by atoms with Gasteiger partial charge in [0.25, 0.3) is 0 Å². The molecule has 0 radical (unpaired) electrons. The summed E-state index contributed by atoms with van der Waals surface area (Å²) < 4.78 is 10.9. The number of aryl methyl sites for hydroxylation is 1. The minimum absolute atomic E-state index is 0.00694. The van der Waals surface area contributed by atoms with Crippen LogP contribution in [-0.2, 0) is 4.74 Å². The highest BCUT2D eigenvalue weighted by Crippen LogP contribution is 2.18. The van der Waals surface area contributed by atoms with Crippen molar-refractivity contribution in [2.45, 2.75) is 26.7 Å². The molecule has 1 rings (SSSR count). The van der Waals surface area contributed by atoms with E-state index in [1.807, 2.05) is 6.92 Å². The van der Waals surface area contributed by atoms with E-state index >= 15 is 0 Å². The predicted molar refractivity (Wildman–Crippen MR) is 72.7 cm³/mol. The fourth-order valence-electron chi connectivity index (χ4n) is 1.55. The first-order valence-electron chi connectivity index (χ1n) is 6.34. The maximum Gasteiger partial charge on any atom is 0.224 e. The van der Waals surface area contributed by atoms with Gasteiger partial charge in [-0.05, 0) is 25.0 Å². The Morgan fingerprint density at radius 2 is 2.21 bits per heavy atom. The number of unbranched alkanes of at least 4 members (excludes halogenated alkanes) is 1. The fraction of sp³-hybridized carbons (Fsp3) is 0.538. The molecule has 0 saturated carbocycles. The summed E-state index contributed by atoms with van der Waals surface area (Å²) in [6.45, 7) is 5.56. The standard InChI is InChI=1S/C13H21N3O3/c1-3-4-7-18-8-9-19-13-11(12(14)16-17)10(2)5-6-15-13/h5-6,17H,3-4,7-9H2,1-2H3,(H2,14,16). The fourth-order valence-corrected chi connectivity index (χ4v) is 1.55. The number of rotatable bonds is 8. The normalized spacial score (nSPS) is 11.6. The van der Waals surface area contributed by atoms with Gasteiger partial charge in [0.05, 0.1) is 12.2 Å². The average Bonchev–Trinajstić information content (AvgIpc) is 2.42. The number of aromatic nitrogens is 1. The summed E-state index contributed by atoms with van der Waals surface area (Å²) in [6, 6.07) is 1.78. The van der Waals surface area contributed by atoms with Gasteiger partial charge in [0, 0.05) is 12.8 Å². The third-order valence-corrected chi connectivity index (χ3v) is 2.60. The molecular weight excluding hydrogens is 246 g/mol. The van der Waals surface area contributed by atoms with Gasteiger partial charge in [-0.15, -0.1) is 0 Å². The van der Waals surface area contributed by atoms with Crippen LogP contribution in [-0.4, -0.2) is 35.8 Å². The molecule has 0 aliphatic carbocycles. The van der Waals surface area contributed by atoms with E-state index in [9.17, 15) is 0 Å². The summed E-state index contributed by atoms with van der Waals surface area (Å²) in [5.41, 5.74) is 6.97. The van der Waals surface area contributed by atoms with E-state index in [1.54, 1.807) is 12.3 Å². The first-order valence-corrected chi connectivity index (χ1v) is 6.34. The molecule has 1 aromatic rings. The summed E-state index contributed by atoms with van der Waals surface area (Å²) in [6.07, 6.45) is 3.77. The number of amidine groups is 1.